The van der Waals surface area contributed by atoms with Crippen LogP contribution >= 0.6 is 0 Å². The standard InChI is InChI=1S/C14H18N2O/c1-4-11-15-14(17)10-7-12-5-8-13(9-6-12)16(2)3/h4-10H,1,11H2,2-3H3,(H,15,17). The van der Waals surface area contributed by atoms with Gasteiger partial charge in [-0.15, -0.1) is 6.58 Å². The smallest absolute Gasteiger partial charge is 0.244 e. The van der Waals surface area contributed by atoms with E-state index in [-0.39, 0.29) is 5.91 Å². The molecular weight excluding hydrogens is 212 g/mol. The van der Waals surface area contributed by atoms with Gasteiger partial charge in [0, 0.05) is 32.4 Å². The maximum absolute atomic E-state index is 11.3. The fourth-order valence-corrected chi connectivity index (χ4v) is 1.29. The van der Waals surface area contributed by atoms with Crippen LogP contribution in [0.15, 0.2) is 43.0 Å². The highest BCUT2D eigenvalue weighted by molar-refractivity contribution is 5.91. The van der Waals surface area contributed by atoms with E-state index in [1.165, 1.54) is 6.08 Å². The summed E-state index contributed by atoms with van der Waals surface area (Å²) in [5, 5.41) is 2.68. The van der Waals surface area contributed by atoms with E-state index in [1.807, 2.05) is 43.3 Å². The molecule has 1 amide bonds. The predicted molar refractivity (Wildman–Crippen MR) is 73.0 cm³/mol. The zero-order chi connectivity index (χ0) is 12.7. The Kier molecular flexibility index (Phi) is 5.01. The lowest BCUT2D eigenvalue weighted by Gasteiger charge is -2.11. The summed E-state index contributed by atoms with van der Waals surface area (Å²) in [6, 6.07) is 7.99. The molecule has 3 nitrogen and oxygen atoms in total. The second kappa shape index (κ2) is 6.53. The molecule has 0 atom stereocenters. The molecule has 90 valence electrons. The van der Waals surface area contributed by atoms with Crippen LogP contribution in [0.3, 0.4) is 0 Å². The van der Waals surface area contributed by atoms with Crippen molar-refractivity contribution in [1.82, 2.24) is 5.32 Å². The summed E-state index contributed by atoms with van der Waals surface area (Å²) < 4.78 is 0. The van der Waals surface area contributed by atoms with Crippen molar-refractivity contribution in [3.8, 4) is 0 Å². The second-order valence-corrected chi connectivity index (χ2v) is 3.85. The van der Waals surface area contributed by atoms with Crippen LogP contribution in [-0.4, -0.2) is 26.5 Å². The second-order valence-electron chi connectivity index (χ2n) is 3.85. The highest BCUT2D eigenvalue weighted by atomic mass is 16.1. The zero-order valence-electron chi connectivity index (χ0n) is 10.3. The molecule has 1 aromatic carbocycles. The summed E-state index contributed by atoms with van der Waals surface area (Å²) in [6.07, 6.45) is 4.96. The Morgan fingerprint density at radius 1 is 1.35 bits per heavy atom. The minimum Gasteiger partial charge on any atom is -0.378 e. The largest absolute Gasteiger partial charge is 0.378 e. The van der Waals surface area contributed by atoms with Gasteiger partial charge in [0.05, 0.1) is 0 Å². The number of nitrogens with one attached hydrogen (secondary N) is 1. The van der Waals surface area contributed by atoms with E-state index >= 15 is 0 Å². The van der Waals surface area contributed by atoms with Crippen molar-refractivity contribution >= 4 is 17.7 Å². The Labute approximate surface area is 102 Å². The minimum absolute atomic E-state index is 0.110. The quantitative estimate of drug-likeness (QED) is 0.620. The number of carbonyl (C=O) groups excluding carboxylic acids is 1. The maximum atomic E-state index is 11.3. The van der Waals surface area contributed by atoms with E-state index in [4.69, 9.17) is 0 Å². The van der Waals surface area contributed by atoms with Crippen LogP contribution in [0.5, 0.6) is 0 Å². The monoisotopic (exact) mass is 230 g/mol. The Bertz CT molecular complexity index is 405. The first-order chi connectivity index (χ1) is 8.13. The molecule has 0 radical (unpaired) electrons. The molecule has 0 saturated heterocycles. The van der Waals surface area contributed by atoms with Gasteiger partial charge in [-0.2, -0.15) is 0 Å². The molecule has 0 spiro atoms. The van der Waals surface area contributed by atoms with Crippen LogP contribution in [-0.2, 0) is 4.79 Å². The summed E-state index contributed by atoms with van der Waals surface area (Å²) in [4.78, 5) is 13.3. The summed E-state index contributed by atoms with van der Waals surface area (Å²) in [6.45, 7) is 4.02. The average Bonchev–Trinajstić information content (AvgIpc) is 2.34. The molecule has 0 aliphatic carbocycles. The molecule has 0 bridgehead atoms. The van der Waals surface area contributed by atoms with E-state index in [0.29, 0.717) is 6.54 Å². The first-order valence-electron chi connectivity index (χ1n) is 5.47. The molecule has 3 heteroatoms. The Morgan fingerprint density at radius 3 is 2.53 bits per heavy atom. The molecule has 17 heavy (non-hydrogen) atoms. The van der Waals surface area contributed by atoms with Gasteiger partial charge in [0.2, 0.25) is 5.91 Å². The number of amides is 1. The molecule has 0 heterocycles. The molecule has 0 saturated carbocycles. The maximum Gasteiger partial charge on any atom is 0.244 e. The van der Waals surface area contributed by atoms with Gasteiger partial charge in [0.25, 0.3) is 0 Å². The van der Waals surface area contributed by atoms with E-state index in [2.05, 4.69) is 11.9 Å². The highest BCUT2D eigenvalue weighted by Crippen LogP contribution is 2.12. The fourth-order valence-electron chi connectivity index (χ4n) is 1.29. The van der Waals surface area contributed by atoms with E-state index in [1.54, 1.807) is 12.2 Å². The molecular formula is C14H18N2O. The van der Waals surface area contributed by atoms with Crippen molar-refractivity contribution in [2.75, 3.05) is 25.5 Å². The van der Waals surface area contributed by atoms with Crippen molar-refractivity contribution in [2.45, 2.75) is 0 Å². The topological polar surface area (TPSA) is 32.3 Å². The van der Waals surface area contributed by atoms with E-state index in [0.717, 1.165) is 11.3 Å². The predicted octanol–water partition coefficient (Wildman–Crippen LogP) is 2.07. The summed E-state index contributed by atoms with van der Waals surface area (Å²) in [5.74, 6) is -0.110. The van der Waals surface area contributed by atoms with Crippen LogP contribution in [0.1, 0.15) is 5.56 Å². The number of carbonyl (C=O) groups is 1. The molecule has 0 aliphatic heterocycles. The van der Waals surface area contributed by atoms with Gasteiger partial charge in [0.15, 0.2) is 0 Å². The lowest BCUT2D eigenvalue weighted by atomic mass is 10.2. The molecule has 1 aromatic rings. The van der Waals surface area contributed by atoms with E-state index in [9.17, 15) is 4.79 Å². The lowest BCUT2D eigenvalue weighted by molar-refractivity contribution is -0.116. The van der Waals surface area contributed by atoms with Crippen LogP contribution in [0.2, 0.25) is 0 Å². The number of hydrogen-bond donors (Lipinski definition) is 1. The summed E-state index contributed by atoms with van der Waals surface area (Å²) in [7, 11) is 3.99. The number of nitrogens with zero attached hydrogens (tertiary/aromatic N) is 1. The molecule has 0 aliphatic rings. The van der Waals surface area contributed by atoms with Crippen molar-refractivity contribution in [3.05, 3.63) is 48.6 Å². The summed E-state index contributed by atoms with van der Waals surface area (Å²) >= 11 is 0. The van der Waals surface area contributed by atoms with E-state index < -0.39 is 0 Å². The number of benzene rings is 1. The Balaban J connectivity index is 2.59. The van der Waals surface area contributed by atoms with Crippen LogP contribution in [0.25, 0.3) is 6.08 Å². The molecule has 1 N–H and O–H groups in total. The third-order valence-corrected chi connectivity index (χ3v) is 2.26. The molecule has 1 rings (SSSR count). The fraction of sp³-hybridized carbons (Fsp3) is 0.214. The molecule has 0 fully saturated rings. The van der Waals surface area contributed by atoms with Crippen LogP contribution in [0, 0.1) is 0 Å². The first kappa shape index (κ1) is 13.0. The number of rotatable bonds is 5. The minimum atomic E-state index is -0.110. The third-order valence-electron chi connectivity index (χ3n) is 2.26. The zero-order valence-corrected chi connectivity index (χ0v) is 10.3. The Morgan fingerprint density at radius 2 is 2.00 bits per heavy atom. The van der Waals surface area contributed by atoms with Gasteiger partial charge < -0.3 is 10.2 Å². The number of hydrogen-bond acceptors (Lipinski definition) is 2. The van der Waals surface area contributed by atoms with Gasteiger partial charge in [-0.1, -0.05) is 18.2 Å². The van der Waals surface area contributed by atoms with Crippen molar-refractivity contribution in [2.24, 2.45) is 0 Å². The van der Waals surface area contributed by atoms with Gasteiger partial charge in [-0.25, -0.2) is 0 Å². The van der Waals surface area contributed by atoms with Gasteiger partial charge in [0.1, 0.15) is 0 Å². The van der Waals surface area contributed by atoms with Crippen molar-refractivity contribution in [3.63, 3.8) is 0 Å². The number of anilines is 1. The molecule has 0 unspecified atom stereocenters. The van der Waals surface area contributed by atoms with Gasteiger partial charge in [-0.3, -0.25) is 4.79 Å². The van der Waals surface area contributed by atoms with Crippen molar-refractivity contribution in [1.29, 1.82) is 0 Å². The third kappa shape index (κ3) is 4.55. The normalized spacial score (nSPS) is 10.2. The van der Waals surface area contributed by atoms with Gasteiger partial charge >= 0.3 is 0 Å². The molecule has 0 aromatic heterocycles. The lowest BCUT2D eigenvalue weighted by Crippen LogP contribution is -2.20. The van der Waals surface area contributed by atoms with Crippen LogP contribution in [0.4, 0.5) is 5.69 Å². The highest BCUT2D eigenvalue weighted by Gasteiger charge is 1.95. The first-order valence-corrected chi connectivity index (χ1v) is 5.47. The van der Waals surface area contributed by atoms with Gasteiger partial charge in [-0.05, 0) is 23.8 Å². The summed E-state index contributed by atoms with van der Waals surface area (Å²) in [5.41, 5.74) is 2.14. The average molecular weight is 230 g/mol. The van der Waals surface area contributed by atoms with Crippen molar-refractivity contribution < 1.29 is 4.79 Å². The van der Waals surface area contributed by atoms with Crippen LogP contribution < -0.4 is 10.2 Å². The Hall–Kier alpha value is -2.03. The SMILES string of the molecule is C=CCNC(=O)C=Cc1ccc(N(C)C)cc1.